The molecule has 0 saturated carbocycles. The molecule has 2 N–H and O–H groups in total. The molecule has 0 radical (unpaired) electrons. The normalized spacial score (nSPS) is 12.5. The Morgan fingerprint density at radius 3 is 2.34 bits per heavy atom. The summed E-state index contributed by atoms with van der Waals surface area (Å²) in [5, 5.41) is 11.3. The predicted molar refractivity (Wildman–Crippen MR) is 116 cm³/mol. The van der Waals surface area contributed by atoms with E-state index in [0.29, 0.717) is 17.1 Å². The molecular formula is C24H18N2O6. The number of aliphatic carboxylic acids is 1. The summed E-state index contributed by atoms with van der Waals surface area (Å²) >= 11 is 0. The number of nitrogens with zero attached hydrogens (tertiary/aromatic N) is 1. The average molecular weight is 430 g/mol. The topological polar surface area (TPSA) is 113 Å². The van der Waals surface area contributed by atoms with Crippen LogP contribution in [0.4, 0.5) is 11.4 Å². The number of imide groups is 1. The number of carbonyl (C=O) groups is 4. The fourth-order valence-corrected chi connectivity index (χ4v) is 3.37. The smallest absolute Gasteiger partial charge is 0.341 e. The van der Waals surface area contributed by atoms with Crippen molar-refractivity contribution >= 4 is 35.1 Å². The third kappa shape index (κ3) is 4.06. The molecular weight excluding hydrogens is 412 g/mol. The first-order chi connectivity index (χ1) is 15.3. The van der Waals surface area contributed by atoms with E-state index >= 15 is 0 Å². The lowest BCUT2D eigenvalue weighted by molar-refractivity contribution is -0.139. The van der Waals surface area contributed by atoms with E-state index in [1.165, 1.54) is 30.3 Å². The van der Waals surface area contributed by atoms with Gasteiger partial charge in [-0.3, -0.25) is 14.4 Å². The van der Waals surface area contributed by atoms with Crippen LogP contribution < -0.4 is 15.0 Å². The molecule has 8 nitrogen and oxygen atoms in total. The Balaban J connectivity index is 1.51. The summed E-state index contributed by atoms with van der Waals surface area (Å²) in [4.78, 5) is 50.0. The second-order valence-electron chi connectivity index (χ2n) is 7.21. The molecule has 0 aromatic heterocycles. The number of nitrogens with one attached hydrogen (secondary N) is 1. The quantitative estimate of drug-likeness (QED) is 0.579. The number of aryl methyl sites for hydroxylation is 1. The van der Waals surface area contributed by atoms with Crippen LogP contribution in [0.25, 0.3) is 0 Å². The maximum absolute atomic E-state index is 12.9. The van der Waals surface area contributed by atoms with Crippen molar-refractivity contribution in [3.8, 4) is 5.75 Å². The van der Waals surface area contributed by atoms with Crippen molar-refractivity contribution in [2.24, 2.45) is 0 Å². The van der Waals surface area contributed by atoms with Crippen LogP contribution >= 0.6 is 0 Å². The fraction of sp³-hybridized carbons (Fsp3) is 0.0833. The van der Waals surface area contributed by atoms with Crippen LogP contribution in [0.3, 0.4) is 0 Å². The summed E-state index contributed by atoms with van der Waals surface area (Å²) in [6.45, 7) is 1.40. The highest BCUT2D eigenvalue weighted by molar-refractivity contribution is 6.34. The van der Waals surface area contributed by atoms with E-state index in [2.05, 4.69) is 5.32 Å². The van der Waals surface area contributed by atoms with Crippen molar-refractivity contribution in [1.29, 1.82) is 0 Å². The predicted octanol–water partition coefficient (Wildman–Crippen LogP) is 3.51. The Hall–Kier alpha value is -4.46. The van der Waals surface area contributed by atoms with Gasteiger partial charge < -0.3 is 15.2 Å². The Morgan fingerprint density at radius 2 is 1.66 bits per heavy atom. The first-order valence-corrected chi connectivity index (χ1v) is 9.69. The standard InChI is InChI=1S/C24H18N2O6/c1-14-3-2-4-17(11-14)26-23(30)19-10-5-15(12-20(19)24(26)31)22(29)25-16-6-8-18(9-7-16)32-13-21(27)28/h2-12H,13H2,1H3,(H,25,29)(H,27,28). The summed E-state index contributed by atoms with van der Waals surface area (Å²) < 4.78 is 5.05. The summed E-state index contributed by atoms with van der Waals surface area (Å²) in [6.07, 6.45) is 0. The van der Waals surface area contributed by atoms with E-state index in [-0.39, 0.29) is 16.7 Å². The number of carbonyl (C=O) groups excluding carboxylic acids is 3. The minimum absolute atomic E-state index is 0.168. The SMILES string of the molecule is Cc1cccc(N2C(=O)c3ccc(C(=O)Nc4ccc(OCC(=O)O)cc4)cc3C2=O)c1. The van der Waals surface area contributed by atoms with E-state index in [0.717, 1.165) is 10.5 Å². The molecule has 4 rings (SSSR count). The van der Waals surface area contributed by atoms with E-state index in [9.17, 15) is 19.2 Å². The Bertz CT molecular complexity index is 1250. The van der Waals surface area contributed by atoms with Crippen LogP contribution in [0.15, 0.2) is 66.7 Å². The summed E-state index contributed by atoms with van der Waals surface area (Å²) in [5.41, 5.74) is 2.49. The molecule has 0 spiro atoms. The largest absolute Gasteiger partial charge is 0.482 e. The molecule has 8 heteroatoms. The third-order valence-corrected chi connectivity index (χ3v) is 4.88. The maximum Gasteiger partial charge on any atom is 0.341 e. The number of ether oxygens (including phenoxy) is 1. The van der Waals surface area contributed by atoms with Crippen molar-refractivity contribution in [3.63, 3.8) is 0 Å². The Kier molecular flexibility index (Phi) is 5.43. The van der Waals surface area contributed by atoms with Crippen LogP contribution in [0.2, 0.25) is 0 Å². The number of fused-ring (bicyclic) bond motifs is 1. The average Bonchev–Trinajstić information content (AvgIpc) is 3.02. The van der Waals surface area contributed by atoms with Gasteiger partial charge >= 0.3 is 5.97 Å². The summed E-state index contributed by atoms with van der Waals surface area (Å²) in [6, 6.07) is 17.6. The van der Waals surface area contributed by atoms with Gasteiger partial charge in [0.25, 0.3) is 17.7 Å². The molecule has 3 amide bonds. The number of rotatable bonds is 6. The second-order valence-corrected chi connectivity index (χ2v) is 7.21. The summed E-state index contributed by atoms with van der Waals surface area (Å²) in [5.74, 6) is -2.11. The number of hydrogen-bond acceptors (Lipinski definition) is 5. The highest BCUT2D eigenvalue weighted by atomic mass is 16.5. The molecule has 3 aromatic carbocycles. The lowest BCUT2D eigenvalue weighted by Gasteiger charge is -2.14. The van der Waals surface area contributed by atoms with Crippen LogP contribution in [-0.4, -0.2) is 35.4 Å². The molecule has 0 unspecified atom stereocenters. The van der Waals surface area contributed by atoms with E-state index in [1.54, 1.807) is 30.3 Å². The lowest BCUT2D eigenvalue weighted by atomic mass is 10.1. The molecule has 0 atom stereocenters. The Labute approximate surface area is 183 Å². The molecule has 3 aromatic rings. The molecule has 0 fully saturated rings. The third-order valence-electron chi connectivity index (χ3n) is 4.88. The minimum Gasteiger partial charge on any atom is -0.482 e. The highest BCUT2D eigenvalue weighted by Crippen LogP contribution is 2.29. The minimum atomic E-state index is -1.09. The highest BCUT2D eigenvalue weighted by Gasteiger charge is 2.37. The zero-order valence-corrected chi connectivity index (χ0v) is 17.0. The number of benzene rings is 3. The van der Waals surface area contributed by atoms with E-state index in [4.69, 9.17) is 9.84 Å². The van der Waals surface area contributed by atoms with Gasteiger partial charge in [0.05, 0.1) is 16.8 Å². The van der Waals surface area contributed by atoms with Crippen molar-refractivity contribution in [1.82, 2.24) is 0 Å². The zero-order valence-electron chi connectivity index (χ0n) is 17.0. The fourth-order valence-electron chi connectivity index (χ4n) is 3.37. The maximum atomic E-state index is 12.9. The number of carboxylic acid groups (broad SMARTS) is 1. The van der Waals surface area contributed by atoms with Gasteiger partial charge in [0.2, 0.25) is 0 Å². The van der Waals surface area contributed by atoms with Crippen LogP contribution in [0, 0.1) is 6.92 Å². The van der Waals surface area contributed by atoms with Gasteiger partial charge in [-0.15, -0.1) is 0 Å². The Morgan fingerprint density at radius 1 is 0.938 bits per heavy atom. The van der Waals surface area contributed by atoms with Gasteiger partial charge in [-0.2, -0.15) is 0 Å². The van der Waals surface area contributed by atoms with Crippen molar-refractivity contribution in [2.45, 2.75) is 6.92 Å². The zero-order chi connectivity index (χ0) is 22.8. The molecule has 0 aliphatic carbocycles. The lowest BCUT2D eigenvalue weighted by Crippen LogP contribution is -2.29. The van der Waals surface area contributed by atoms with E-state index < -0.39 is 30.3 Å². The monoisotopic (exact) mass is 430 g/mol. The molecule has 0 bridgehead atoms. The molecule has 160 valence electrons. The van der Waals surface area contributed by atoms with Gasteiger partial charge in [0.15, 0.2) is 6.61 Å². The molecule has 0 saturated heterocycles. The van der Waals surface area contributed by atoms with Gasteiger partial charge in [-0.1, -0.05) is 12.1 Å². The van der Waals surface area contributed by atoms with Crippen LogP contribution in [0.5, 0.6) is 5.75 Å². The number of amides is 3. The number of hydrogen-bond donors (Lipinski definition) is 2. The van der Waals surface area contributed by atoms with Crippen LogP contribution in [-0.2, 0) is 4.79 Å². The van der Waals surface area contributed by atoms with Gasteiger partial charge in [-0.05, 0) is 67.1 Å². The van der Waals surface area contributed by atoms with Gasteiger partial charge in [-0.25, -0.2) is 9.69 Å². The van der Waals surface area contributed by atoms with E-state index in [1.807, 2.05) is 13.0 Å². The van der Waals surface area contributed by atoms with Crippen LogP contribution in [0.1, 0.15) is 36.6 Å². The number of anilines is 2. The van der Waals surface area contributed by atoms with Gasteiger partial charge in [0.1, 0.15) is 5.75 Å². The summed E-state index contributed by atoms with van der Waals surface area (Å²) in [7, 11) is 0. The first-order valence-electron chi connectivity index (χ1n) is 9.69. The van der Waals surface area contributed by atoms with Crippen molar-refractivity contribution in [3.05, 3.63) is 89.0 Å². The van der Waals surface area contributed by atoms with Crippen molar-refractivity contribution < 1.29 is 29.0 Å². The molecule has 1 heterocycles. The first kappa shape index (κ1) is 20.8. The second kappa shape index (κ2) is 8.35. The van der Waals surface area contributed by atoms with Gasteiger partial charge in [0, 0.05) is 11.3 Å². The van der Waals surface area contributed by atoms with Crippen molar-refractivity contribution in [2.75, 3.05) is 16.8 Å². The molecule has 32 heavy (non-hydrogen) atoms. The molecule has 1 aliphatic rings. The molecule has 1 aliphatic heterocycles. The number of carboxylic acids is 1.